The molecule has 3 atom stereocenters. The number of rotatable bonds is 6. The molecule has 0 radical (unpaired) electrons. The van der Waals surface area contributed by atoms with Crippen LogP contribution in [0.2, 0.25) is 0 Å². The normalized spacial score (nSPS) is 23.9. The molecule has 1 fully saturated rings. The van der Waals surface area contributed by atoms with Crippen molar-refractivity contribution in [2.75, 3.05) is 13.1 Å². The van der Waals surface area contributed by atoms with Gasteiger partial charge < -0.3 is 25.5 Å². The van der Waals surface area contributed by atoms with E-state index in [-0.39, 0.29) is 19.2 Å². The van der Waals surface area contributed by atoms with E-state index in [1.54, 1.807) is 0 Å². The molecular formula is C14H21F3N4O3. The fourth-order valence-electron chi connectivity index (χ4n) is 2.70. The molecule has 0 bridgehead atoms. The van der Waals surface area contributed by atoms with Crippen molar-refractivity contribution in [3.8, 4) is 0 Å². The molecule has 1 aromatic heterocycles. The highest BCUT2D eigenvalue weighted by Gasteiger charge is 2.57. The minimum Gasteiger partial charge on any atom is -0.374 e. The van der Waals surface area contributed by atoms with Crippen molar-refractivity contribution in [1.29, 1.82) is 0 Å². The van der Waals surface area contributed by atoms with Crippen LogP contribution < -0.4 is 11.1 Å². The first kappa shape index (κ1) is 18.7. The van der Waals surface area contributed by atoms with E-state index in [0.29, 0.717) is 12.8 Å². The van der Waals surface area contributed by atoms with Crippen LogP contribution in [-0.4, -0.2) is 52.0 Å². The van der Waals surface area contributed by atoms with Crippen molar-refractivity contribution < 1.29 is 27.8 Å². The average molecular weight is 350 g/mol. The van der Waals surface area contributed by atoms with Gasteiger partial charge in [-0.15, -0.1) is 0 Å². The van der Waals surface area contributed by atoms with Crippen LogP contribution in [0.3, 0.4) is 0 Å². The van der Waals surface area contributed by atoms with E-state index in [2.05, 4.69) is 10.3 Å². The summed E-state index contributed by atoms with van der Waals surface area (Å²) in [6.07, 6.45) is -3.02. The van der Waals surface area contributed by atoms with E-state index in [1.807, 2.05) is 0 Å². The molecule has 1 aliphatic heterocycles. The quantitative estimate of drug-likeness (QED) is 0.679. The maximum atomic E-state index is 13.3. The van der Waals surface area contributed by atoms with Crippen molar-refractivity contribution >= 4 is 5.91 Å². The van der Waals surface area contributed by atoms with Gasteiger partial charge in [0.1, 0.15) is 11.9 Å². The summed E-state index contributed by atoms with van der Waals surface area (Å²) in [5, 5.41) is 12.5. The number of imidazole rings is 1. The van der Waals surface area contributed by atoms with Crippen LogP contribution in [0.25, 0.3) is 0 Å². The Hall–Kier alpha value is -1.65. The van der Waals surface area contributed by atoms with Gasteiger partial charge >= 0.3 is 6.18 Å². The molecule has 1 aromatic rings. The maximum absolute atomic E-state index is 13.3. The van der Waals surface area contributed by atoms with Crippen molar-refractivity contribution in [2.45, 2.75) is 43.2 Å². The molecular weight excluding hydrogens is 329 g/mol. The molecule has 136 valence electrons. The number of hydrogen-bond donors (Lipinski definition) is 3. The number of aromatic nitrogens is 2. The number of nitrogens with zero attached hydrogens (tertiary/aromatic N) is 2. The first-order valence-electron chi connectivity index (χ1n) is 7.59. The summed E-state index contributed by atoms with van der Waals surface area (Å²) in [6, 6.07) is 0. The van der Waals surface area contributed by atoms with Crippen molar-refractivity contribution in [1.82, 2.24) is 14.9 Å². The average Bonchev–Trinajstić information content (AvgIpc) is 3.14. The standard InChI is InChI=1S/C14H21F3N4O3/c1-21-7-6-20-12(21)13(23,14(15,16)17)4-5-19-11(22)10-3-2-9(8-18)24-10/h6-7,9-10,23H,2-5,8,18H2,1H3,(H,19,22)/t9-,10+,13?/m1/s1. The molecule has 10 heteroatoms. The zero-order chi connectivity index (χ0) is 18.0. The second-order valence-corrected chi connectivity index (χ2v) is 5.82. The van der Waals surface area contributed by atoms with Gasteiger partial charge in [0.2, 0.25) is 11.5 Å². The Balaban J connectivity index is 1.97. The van der Waals surface area contributed by atoms with Crippen LogP contribution in [0.15, 0.2) is 12.4 Å². The number of carbonyl (C=O) groups is 1. The third kappa shape index (κ3) is 3.70. The molecule has 7 nitrogen and oxygen atoms in total. The number of nitrogens with one attached hydrogen (secondary N) is 1. The molecule has 4 N–H and O–H groups in total. The number of amides is 1. The summed E-state index contributed by atoms with van der Waals surface area (Å²) in [6.45, 7) is -0.0778. The first-order valence-corrected chi connectivity index (χ1v) is 7.59. The van der Waals surface area contributed by atoms with Crippen LogP contribution >= 0.6 is 0 Å². The Morgan fingerprint density at radius 3 is 2.75 bits per heavy atom. The topological polar surface area (TPSA) is 102 Å². The molecule has 24 heavy (non-hydrogen) atoms. The molecule has 1 aliphatic rings. The van der Waals surface area contributed by atoms with Gasteiger partial charge in [-0.05, 0) is 12.8 Å². The zero-order valence-corrected chi connectivity index (χ0v) is 13.2. The van der Waals surface area contributed by atoms with Gasteiger partial charge in [-0.3, -0.25) is 4.79 Å². The number of ether oxygens (including phenoxy) is 1. The number of halogens is 3. The number of alkyl halides is 3. The fourth-order valence-corrected chi connectivity index (χ4v) is 2.70. The van der Waals surface area contributed by atoms with Crippen molar-refractivity contribution in [2.24, 2.45) is 12.8 Å². The van der Waals surface area contributed by atoms with E-state index in [9.17, 15) is 23.1 Å². The summed E-state index contributed by atoms with van der Waals surface area (Å²) < 4.78 is 46.4. The molecule has 0 saturated carbocycles. The highest BCUT2D eigenvalue weighted by molar-refractivity contribution is 5.81. The molecule has 0 aromatic carbocycles. The maximum Gasteiger partial charge on any atom is 0.424 e. The van der Waals surface area contributed by atoms with Gasteiger partial charge in [0, 0.05) is 39.0 Å². The van der Waals surface area contributed by atoms with Gasteiger partial charge in [-0.1, -0.05) is 0 Å². The van der Waals surface area contributed by atoms with Crippen LogP contribution in [-0.2, 0) is 22.2 Å². The molecule has 0 aliphatic carbocycles. The lowest BCUT2D eigenvalue weighted by atomic mass is 9.97. The lowest BCUT2D eigenvalue weighted by molar-refractivity contribution is -0.272. The number of aryl methyl sites for hydroxylation is 1. The predicted octanol–water partition coefficient (Wildman–Crippen LogP) is 0.183. The summed E-state index contributed by atoms with van der Waals surface area (Å²) in [4.78, 5) is 15.5. The highest BCUT2D eigenvalue weighted by Crippen LogP contribution is 2.40. The summed E-state index contributed by atoms with van der Waals surface area (Å²) in [5.41, 5.74) is 2.30. The first-order chi connectivity index (χ1) is 11.2. The second kappa shape index (κ2) is 7.08. The van der Waals surface area contributed by atoms with E-state index in [0.717, 1.165) is 4.57 Å². The number of hydrogen-bond acceptors (Lipinski definition) is 5. The molecule has 0 spiro atoms. The minimum atomic E-state index is -4.93. The summed E-state index contributed by atoms with van der Waals surface area (Å²) in [7, 11) is 1.36. The van der Waals surface area contributed by atoms with E-state index >= 15 is 0 Å². The monoisotopic (exact) mass is 350 g/mol. The Morgan fingerprint density at radius 2 is 2.25 bits per heavy atom. The lowest BCUT2D eigenvalue weighted by Crippen LogP contribution is -2.47. The molecule has 2 heterocycles. The van der Waals surface area contributed by atoms with Crippen LogP contribution in [0.4, 0.5) is 13.2 Å². The Bertz CT molecular complexity index is 578. The number of nitrogens with two attached hydrogens (primary N) is 1. The van der Waals surface area contributed by atoms with Gasteiger partial charge in [0.15, 0.2) is 0 Å². The third-order valence-corrected chi connectivity index (χ3v) is 4.11. The second-order valence-electron chi connectivity index (χ2n) is 5.82. The Labute approximate surface area is 137 Å². The minimum absolute atomic E-state index is 0.208. The number of aliphatic hydroxyl groups is 1. The van der Waals surface area contributed by atoms with Crippen LogP contribution in [0.5, 0.6) is 0 Å². The smallest absolute Gasteiger partial charge is 0.374 e. The Morgan fingerprint density at radius 1 is 1.54 bits per heavy atom. The van der Waals surface area contributed by atoms with E-state index < -0.39 is 36.0 Å². The van der Waals surface area contributed by atoms with Crippen molar-refractivity contribution in [3.05, 3.63) is 18.2 Å². The van der Waals surface area contributed by atoms with E-state index in [4.69, 9.17) is 10.5 Å². The van der Waals surface area contributed by atoms with Gasteiger partial charge in [-0.2, -0.15) is 13.2 Å². The predicted molar refractivity (Wildman–Crippen MR) is 77.7 cm³/mol. The van der Waals surface area contributed by atoms with E-state index in [1.165, 1.54) is 19.4 Å². The SMILES string of the molecule is Cn1ccnc1C(O)(CCNC(=O)[C@@H]1CC[C@H](CN)O1)C(F)(F)F. The fraction of sp³-hybridized carbons (Fsp3) is 0.714. The van der Waals surface area contributed by atoms with Crippen LogP contribution in [0.1, 0.15) is 25.1 Å². The summed E-state index contributed by atoms with van der Waals surface area (Å²) >= 11 is 0. The van der Waals surface area contributed by atoms with Gasteiger partial charge in [0.25, 0.3) is 0 Å². The highest BCUT2D eigenvalue weighted by atomic mass is 19.4. The summed E-state index contributed by atoms with van der Waals surface area (Å²) in [5.74, 6) is -1.03. The van der Waals surface area contributed by atoms with Crippen LogP contribution in [0, 0.1) is 0 Å². The van der Waals surface area contributed by atoms with Gasteiger partial charge in [0.05, 0.1) is 6.10 Å². The zero-order valence-electron chi connectivity index (χ0n) is 13.2. The Kier molecular flexibility index (Phi) is 5.51. The molecule has 1 saturated heterocycles. The molecule has 1 amide bonds. The van der Waals surface area contributed by atoms with Gasteiger partial charge in [-0.25, -0.2) is 4.98 Å². The van der Waals surface area contributed by atoms with Crippen molar-refractivity contribution in [3.63, 3.8) is 0 Å². The molecule has 1 unspecified atom stereocenters. The molecule has 2 rings (SSSR count). The number of carbonyl (C=O) groups excluding carboxylic acids is 1. The lowest BCUT2D eigenvalue weighted by Gasteiger charge is -2.30. The largest absolute Gasteiger partial charge is 0.424 e. The third-order valence-electron chi connectivity index (χ3n) is 4.11.